The minimum atomic E-state index is -0.504. The number of rotatable bonds is 7. The molecular formula is C25H27N3O4. The van der Waals surface area contributed by atoms with Crippen molar-refractivity contribution in [2.45, 2.75) is 24.9 Å². The van der Waals surface area contributed by atoms with E-state index in [1.54, 1.807) is 24.1 Å². The Hall–Kier alpha value is -3.58. The molecule has 0 saturated carbocycles. The fraction of sp³-hybridized carbons (Fsp3) is 0.280. The zero-order valence-electron chi connectivity index (χ0n) is 18.0. The number of amides is 2. The zero-order valence-corrected chi connectivity index (χ0v) is 18.0. The fourth-order valence-electron chi connectivity index (χ4n) is 3.90. The third-order valence-corrected chi connectivity index (χ3v) is 5.67. The lowest BCUT2D eigenvalue weighted by molar-refractivity contribution is -0.118. The van der Waals surface area contributed by atoms with Crippen molar-refractivity contribution in [2.24, 2.45) is 0 Å². The van der Waals surface area contributed by atoms with Gasteiger partial charge in [0.15, 0.2) is 5.76 Å². The van der Waals surface area contributed by atoms with Crippen LogP contribution in [0.5, 0.6) is 5.75 Å². The molecule has 1 fully saturated rings. The summed E-state index contributed by atoms with van der Waals surface area (Å²) >= 11 is 0. The van der Waals surface area contributed by atoms with Crippen LogP contribution in [0.2, 0.25) is 0 Å². The number of nitrogens with one attached hydrogen (secondary N) is 2. The zero-order chi connectivity index (χ0) is 22.3. The Morgan fingerprint density at radius 2 is 1.72 bits per heavy atom. The summed E-state index contributed by atoms with van der Waals surface area (Å²) in [6, 6.07) is 19.9. The molecule has 2 heterocycles. The molecule has 0 bridgehead atoms. The van der Waals surface area contributed by atoms with Gasteiger partial charge in [-0.15, -0.1) is 0 Å². The number of carbonyl (C=O) groups excluding carboxylic acids is 2. The summed E-state index contributed by atoms with van der Waals surface area (Å²) in [4.78, 5) is 27.5. The minimum Gasteiger partial charge on any atom is -0.497 e. The van der Waals surface area contributed by atoms with Crippen LogP contribution in [0.1, 0.15) is 35.0 Å². The van der Waals surface area contributed by atoms with Gasteiger partial charge in [-0.3, -0.25) is 14.9 Å². The van der Waals surface area contributed by atoms with Crippen molar-refractivity contribution in [3.05, 3.63) is 84.3 Å². The molecule has 2 amide bonds. The summed E-state index contributed by atoms with van der Waals surface area (Å²) in [5.74, 6) is 0.870. The number of hydrogen-bond acceptors (Lipinski definition) is 5. The van der Waals surface area contributed by atoms with E-state index in [0.717, 1.165) is 24.2 Å². The first-order valence-corrected chi connectivity index (χ1v) is 10.7. The molecule has 166 valence electrons. The second-order valence-corrected chi connectivity index (χ2v) is 7.77. The van der Waals surface area contributed by atoms with Crippen LogP contribution < -0.4 is 15.4 Å². The van der Waals surface area contributed by atoms with Gasteiger partial charge < -0.3 is 19.4 Å². The van der Waals surface area contributed by atoms with Crippen molar-refractivity contribution < 1.29 is 18.7 Å². The molecule has 0 radical (unpaired) electrons. The number of anilines is 1. The number of nitrogens with zero attached hydrogens (tertiary/aromatic N) is 1. The minimum absolute atomic E-state index is 0.0923. The highest BCUT2D eigenvalue weighted by atomic mass is 16.5. The van der Waals surface area contributed by atoms with Crippen LogP contribution in [0.15, 0.2) is 77.4 Å². The van der Waals surface area contributed by atoms with E-state index in [4.69, 9.17) is 9.15 Å². The lowest BCUT2D eigenvalue weighted by Gasteiger charge is -2.34. The van der Waals surface area contributed by atoms with Gasteiger partial charge in [0.05, 0.1) is 13.4 Å². The summed E-state index contributed by atoms with van der Waals surface area (Å²) in [5.41, 5.74) is 1.60. The Balaban J connectivity index is 1.41. The fourth-order valence-corrected chi connectivity index (χ4v) is 3.90. The van der Waals surface area contributed by atoms with Crippen LogP contribution >= 0.6 is 0 Å². The van der Waals surface area contributed by atoms with E-state index in [9.17, 15) is 9.59 Å². The first kappa shape index (κ1) is 21.6. The Morgan fingerprint density at radius 1 is 1.00 bits per heavy atom. The molecule has 1 aliphatic heterocycles. The van der Waals surface area contributed by atoms with Gasteiger partial charge >= 0.3 is 0 Å². The highest BCUT2D eigenvalue weighted by Gasteiger charge is 2.29. The van der Waals surface area contributed by atoms with Crippen molar-refractivity contribution >= 4 is 17.5 Å². The lowest BCUT2D eigenvalue weighted by Crippen LogP contribution is -2.47. The van der Waals surface area contributed by atoms with Crippen molar-refractivity contribution in [2.75, 3.05) is 25.5 Å². The van der Waals surface area contributed by atoms with Crippen molar-refractivity contribution in [3.63, 3.8) is 0 Å². The number of carbonyl (C=O) groups is 2. The summed E-state index contributed by atoms with van der Waals surface area (Å²) in [7, 11) is 1.61. The molecule has 0 aliphatic carbocycles. The maximum Gasteiger partial charge on any atom is 0.289 e. The van der Waals surface area contributed by atoms with Crippen LogP contribution in [0.3, 0.4) is 0 Å². The van der Waals surface area contributed by atoms with Crippen molar-refractivity contribution in [3.8, 4) is 5.75 Å². The Kier molecular flexibility index (Phi) is 6.87. The largest absolute Gasteiger partial charge is 0.497 e. The predicted octanol–water partition coefficient (Wildman–Crippen LogP) is 3.86. The van der Waals surface area contributed by atoms with E-state index in [1.807, 2.05) is 54.6 Å². The van der Waals surface area contributed by atoms with Crippen LogP contribution in [0.25, 0.3) is 0 Å². The average Bonchev–Trinajstić information content (AvgIpc) is 3.38. The van der Waals surface area contributed by atoms with Gasteiger partial charge in [-0.05, 0) is 54.8 Å². The number of likely N-dealkylation sites (tertiary alicyclic amines) is 1. The Labute approximate surface area is 187 Å². The van der Waals surface area contributed by atoms with Gasteiger partial charge in [0.1, 0.15) is 11.8 Å². The first-order chi connectivity index (χ1) is 15.6. The Bertz CT molecular complexity index is 1010. The maximum atomic E-state index is 13.2. The smallest absolute Gasteiger partial charge is 0.289 e. The first-order valence-electron chi connectivity index (χ1n) is 10.7. The molecule has 4 rings (SSSR count). The number of methoxy groups -OCH3 is 1. The monoisotopic (exact) mass is 433 g/mol. The molecular weight excluding hydrogens is 406 g/mol. The van der Waals surface area contributed by atoms with Crippen LogP contribution in [0.4, 0.5) is 5.69 Å². The van der Waals surface area contributed by atoms with Gasteiger partial charge in [0.25, 0.3) is 5.91 Å². The SMILES string of the molecule is COc1ccc(NC(=O)C(NC2CCN(C(=O)c3ccco3)CC2)c2ccccc2)cc1. The number of piperidine rings is 1. The van der Waals surface area contributed by atoms with E-state index < -0.39 is 6.04 Å². The van der Waals surface area contributed by atoms with Gasteiger partial charge in [-0.25, -0.2) is 0 Å². The van der Waals surface area contributed by atoms with Crippen LogP contribution in [-0.4, -0.2) is 43.0 Å². The van der Waals surface area contributed by atoms with E-state index in [1.165, 1.54) is 6.26 Å². The van der Waals surface area contributed by atoms with E-state index in [0.29, 0.717) is 24.5 Å². The van der Waals surface area contributed by atoms with Crippen LogP contribution in [-0.2, 0) is 4.79 Å². The molecule has 7 nitrogen and oxygen atoms in total. The third-order valence-electron chi connectivity index (χ3n) is 5.67. The van der Waals surface area contributed by atoms with E-state index in [-0.39, 0.29) is 17.9 Å². The molecule has 1 unspecified atom stereocenters. The summed E-state index contributed by atoms with van der Waals surface area (Å²) in [5, 5.41) is 6.50. The summed E-state index contributed by atoms with van der Waals surface area (Å²) in [6.07, 6.45) is 3.02. The second-order valence-electron chi connectivity index (χ2n) is 7.77. The molecule has 0 spiro atoms. The van der Waals surface area contributed by atoms with Crippen molar-refractivity contribution in [1.29, 1.82) is 0 Å². The maximum absolute atomic E-state index is 13.2. The summed E-state index contributed by atoms with van der Waals surface area (Å²) in [6.45, 7) is 1.22. The predicted molar refractivity (Wildman–Crippen MR) is 122 cm³/mol. The number of ether oxygens (including phenoxy) is 1. The van der Waals surface area contributed by atoms with Gasteiger partial charge in [-0.2, -0.15) is 0 Å². The second kappa shape index (κ2) is 10.2. The van der Waals surface area contributed by atoms with Gasteiger partial charge in [0.2, 0.25) is 5.91 Å². The van der Waals surface area contributed by atoms with E-state index >= 15 is 0 Å². The molecule has 1 atom stereocenters. The standard InChI is InChI=1S/C25H27N3O4/c1-31-21-11-9-19(10-12-21)27-24(29)23(18-6-3-2-4-7-18)26-20-13-15-28(16-14-20)25(30)22-8-5-17-32-22/h2-12,17,20,23,26H,13-16H2,1H3,(H,27,29). The van der Waals surface area contributed by atoms with Gasteiger partial charge in [0, 0.05) is 24.8 Å². The number of hydrogen-bond donors (Lipinski definition) is 2. The highest BCUT2D eigenvalue weighted by molar-refractivity contribution is 5.95. The molecule has 1 aliphatic rings. The molecule has 32 heavy (non-hydrogen) atoms. The van der Waals surface area contributed by atoms with Crippen molar-refractivity contribution in [1.82, 2.24) is 10.2 Å². The molecule has 1 saturated heterocycles. The third kappa shape index (κ3) is 5.18. The molecule has 3 aromatic rings. The Morgan fingerprint density at radius 3 is 2.34 bits per heavy atom. The topological polar surface area (TPSA) is 83.8 Å². The quantitative estimate of drug-likeness (QED) is 0.591. The summed E-state index contributed by atoms with van der Waals surface area (Å²) < 4.78 is 10.4. The molecule has 2 aromatic carbocycles. The number of benzene rings is 2. The highest BCUT2D eigenvalue weighted by Crippen LogP contribution is 2.22. The average molecular weight is 434 g/mol. The van der Waals surface area contributed by atoms with Gasteiger partial charge in [-0.1, -0.05) is 30.3 Å². The molecule has 7 heteroatoms. The van der Waals surface area contributed by atoms with E-state index in [2.05, 4.69) is 10.6 Å². The normalized spacial score (nSPS) is 15.2. The molecule has 1 aromatic heterocycles. The number of furan rings is 1. The molecule has 2 N–H and O–H groups in total. The van der Waals surface area contributed by atoms with Crippen LogP contribution in [0, 0.1) is 0 Å². The lowest BCUT2D eigenvalue weighted by atomic mass is 10.00.